The summed E-state index contributed by atoms with van der Waals surface area (Å²) in [5.41, 5.74) is 0. The third kappa shape index (κ3) is 8.50. The van der Waals surface area contributed by atoms with Gasteiger partial charge < -0.3 is 59.4 Å². The van der Waals surface area contributed by atoms with Crippen molar-refractivity contribution in [3.05, 3.63) is 11.5 Å². The second-order valence-electron chi connectivity index (χ2n) is 8.89. The van der Waals surface area contributed by atoms with Crippen LogP contribution in [0.25, 0.3) is 0 Å². The van der Waals surface area contributed by atoms with Crippen molar-refractivity contribution in [1.82, 2.24) is 0 Å². The molecule has 2 heterocycles. The molecular weight excluding hydrogens is 484 g/mol. The highest BCUT2D eigenvalue weighted by atomic mass is 16.7. The Labute approximate surface area is 209 Å². The van der Waals surface area contributed by atoms with Crippen LogP contribution in [0.5, 0.6) is 0 Å². The van der Waals surface area contributed by atoms with Crippen molar-refractivity contribution in [2.45, 2.75) is 94.5 Å². The van der Waals surface area contributed by atoms with Gasteiger partial charge >= 0.3 is 5.97 Å². The number of unbranched alkanes of at least 4 members (excludes halogenated alkanes) is 5. The van der Waals surface area contributed by atoms with Gasteiger partial charge in [0.15, 0.2) is 11.9 Å². The molecule has 1 unspecified atom stereocenters. The van der Waals surface area contributed by atoms with Gasteiger partial charge in [0.1, 0.15) is 43.2 Å². The Morgan fingerprint density at radius 1 is 0.944 bits per heavy atom. The van der Waals surface area contributed by atoms with Gasteiger partial charge in [-0.15, -0.1) is 0 Å². The van der Waals surface area contributed by atoms with Crippen LogP contribution < -0.4 is 0 Å². The maximum atomic E-state index is 12.4. The molecule has 7 N–H and O–H groups in total. The number of hydrogen-bond acceptors (Lipinski definition) is 13. The first-order chi connectivity index (χ1) is 17.2. The molecule has 0 amide bonds. The first-order valence-corrected chi connectivity index (χ1v) is 12.3. The van der Waals surface area contributed by atoms with Crippen molar-refractivity contribution in [1.29, 1.82) is 0 Å². The lowest BCUT2D eigenvalue weighted by Gasteiger charge is -2.39. The molecule has 1 fully saturated rings. The number of aliphatic hydroxyl groups excluding tert-OH is 7. The van der Waals surface area contributed by atoms with Crippen LogP contribution in [-0.4, -0.2) is 124 Å². The van der Waals surface area contributed by atoms with E-state index in [0.29, 0.717) is 6.61 Å². The summed E-state index contributed by atoms with van der Waals surface area (Å²) in [6.07, 6.45) is -5.82. The van der Waals surface area contributed by atoms with Crippen LogP contribution in [0, 0.1) is 0 Å². The number of cyclic esters (lactones) is 1. The number of carbonyl (C=O) groups is 1. The summed E-state index contributed by atoms with van der Waals surface area (Å²) >= 11 is 0. The van der Waals surface area contributed by atoms with Gasteiger partial charge in [0.25, 0.3) is 0 Å². The van der Waals surface area contributed by atoms with E-state index in [2.05, 4.69) is 6.92 Å². The van der Waals surface area contributed by atoms with Gasteiger partial charge in [-0.1, -0.05) is 39.0 Å². The third-order valence-electron chi connectivity index (χ3n) is 5.90. The van der Waals surface area contributed by atoms with Gasteiger partial charge in [-0.25, -0.2) is 4.79 Å². The molecule has 0 aromatic heterocycles. The van der Waals surface area contributed by atoms with Gasteiger partial charge in [0, 0.05) is 6.61 Å². The maximum absolute atomic E-state index is 12.4. The van der Waals surface area contributed by atoms with Crippen molar-refractivity contribution in [2.75, 3.05) is 33.0 Å². The van der Waals surface area contributed by atoms with E-state index < -0.39 is 74.0 Å². The Kier molecular flexibility index (Phi) is 13.3. The minimum atomic E-state index is -1.81. The molecule has 2 aliphatic heterocycles. The second kappa shape index (κ2) is 15.6. The summed E-state index contributed by atoms with van der Waals surface area (Å²) in [6, 6.07) is 0. The number of aliphatic hydroxyl groups is 7. The van der Waals surface area contributed by atoms with Crippen LogP contribution in [-0.2, 0) is 28.5 Å². The van der Waals surface area contributed by atoms with Crippen molar-refractivity contribution >= 4 is 5.97 Å². The van der Waals surface area contributed by atoms with E-state index in [-0.39, 0.29) is 19.0 Å². The molecule has 13 heteroatoms. The van der Waals surface area contributed by atoms with Crippen molar-refractivity contribution in [3.63, 3.8) is 0 Å². The van der Waals surface area contributed by atoms with Crippen LogP contribution in [0.1, 0.15) is 45.4 Å². The molecule has 0 radical (unpaired) electrons. The fourth-order valence-corrected chi connectivity index (χ4v) is 3.77. The molecule has 0 aromatic carbocycles. The number of carbonyl (C=O) groups excluding carboxylic acids is 1. The Morgan fingerprint density at radius 2 is 1.64 bits per heavy atom. The first-order valence-electron chi connectivity index (χ1n) is 12.3. The van der Waals surface area contributed by atoms with Crippen LogP contribution in [0.2, 0.25) is 0 Å². The summed E-state index contributed by atoms with van der Waals surface area (Å²) in [5.74, 6) is -2.11. The molecule has 2 aliphatic rings. The lowest BCUT2D eigenvalue weighted by atomic mass is 9.99. The van der Waals surface area contributed by atoms with Gasteiger partial charge in [-0.2, -0.15) is 0 Å². The lowest BCUT2D eigenvalue weighted by Crippen LogP contribution is -2.59. The number of hydrogen-bond donors (Lipinski definition) is 7. The van der Waals surface area contributed by atoms with Gasteiger partial charge in [0.2, 0.25) is 12.0 Å². The standard InChI is InChI=1S/C23H40O13/c1-2-3-4-5-6-7-8-32-11-13(26)12-33-20-19(14(27)9-24)35-22(31)21(20)36-23-18(30)17(29)16(28)15(10-25)34-23/h13-19,23-30H,2-12H2,1H3/t13?,14-,15+,16+,17-,18+,19-,23-/m1/s1. The molecular formula is C23H40O13. The average molecular weight is 525 g/mol. The van der Waals surface area contributed by atoms with Crippen LogP contribution in [0.3, 0.4) is 0 Å². The molecule has 2 rings (SSSR count). The highest BCUT2D eigenvalue weighted by Gasteiger charge is 2.48. The molecule has 0 aliphatic carbocycles. The quantitative estimate of drug-likeness (QED) is 0.0817. The zero-order valence-corrected chi connectivity index (χ0v) is 20.5. The van der Waals surface area contributed by atoms with Crippen LogP contribution in [0.15, 0.2) is 11.5 Å². The van der Waals surface area contributed by atoms with Crippen molar-refractivity contribution < 1.29 is 64.2 Å². The van der Waals surface area contributed by atoms with E-state index in [1.165, 1.54) is 19.3 Å². The first kappa shape index (κ1) is 30.7. The van der Waals surface area contributed by atoms with E-state index in [1.54, 1.807) is 0 Å². The SMILES string of the molecule is CCCCCCCCOCC(O)COC1=C(O[C@H]2O[C@@H](CO)[C@H](O)[C@@H](O)[C@@H]2O)C(=O)O[C@@H]1[C@H](O)CO. The van der Waals surface area contributed by atoms with E-state index in [0.717, 1.165) is 19.3 Å². The maximum Gasteiger partial charge on any atom is 0.378 e. The fraction of sp³-hybridized carbons (Fsp3) is 0.870. The summed E-state index contributed by atoms with van der Waals surface area (Å²) in [5, 5.41) is 68.9. The zero-order valence-electron chi connectivity index (χ0n) is 20.5. The smallest absolute Gasteiger partial charge is 0.378 e. The molecule has 1 saturated heterocycles. The van der Waals surface area contributed by atoms with Gasteiger partial charge in [0.05, 0.1) is 19.8 Å². The molecule has 210 valence electrons. The van der Waals surface area contributed by atoms with E-state index >= 15 is 0 Å². The summed E-state index contributed by atoms with van der Waals surface area (Å²) < 4.78 is 26.6. The zero-order chi connectivity index (χ0) is 26.7. The van der Waals surface area contributed by atoms with Crippen LogP contribution in [0.4, 0.5) is 0 Å². The highest BCUT2D eigenvalue weighted by molar-refractivity contribution is 5.89. The normalized spacial score (nSPS) is 30.3. The van der Waals surface area contributed by atoms with E-state index in [9.17, 15) is 40.5 Å². The summed E-state index contributed by atoms with van der Waals surface area (Å²) in [7, 11) is 0. The lowest BCUT2D eigenvalue weighted by molar-refractivity contribution is -0.291. The monoisotopic (exact) mass is 524 g/mol. The Bertz CT molecular complexity index is 685. The third-order valence-corrected chi connectivity index (χ3v) is 5.90. The summed E-state index contributed by atoms with van der Waals surface area (Å²) in [4.78, 5) is 12.4. The number of rotatable bonds is 17. The van der Waals surface area contributed by atoms with E-state index in [1.807, 2.05) is 0 Å². The number of esters is 1. The van der Waals surface area contributed by atoms with Crippen LogP contribution >= 0.6 is 0 Å². The van der Waals surface area contributed by atoms with Gasteiger partial charge in [-0.05, 0) is 6.42 Å². The predicted molar refractivity (Wildman–Crippen MR) is 121 cm³/mol. The second-order valence-corrected chi connectivity index (χ2v) is 8.89. The van der Waals surface area contributed by atoms with E-state index in [4.69, 9.17) is 23.7 Å². The van der Waals surface area contributed by atoms with Crippen molar-refractivity contribution in [2.24, 2.45) is 0 Å². The Hall–Kier alpha value is -1.55. The molecule has 36 heavy (non-hydrogen) atoms. The number of ether oxygens (including phenoxy) is 5. The predicted octanol–water partition coefficient (Wildman–Crippen LogP) is -1.95. The van der Waals surface area contributed by atoms with Crippen molar-refractivity contribution in [3.8, 4) is 0 Å². The molecule has 0 bridgehead atoms. The Balaban J connectivity index is 1.98. The molecule has 0 spiro atoms. The fourth-order valence-electron chi connectivity index (χ4n) is 3.77. The largest absolute Gasteiger partial charge is 0.487 e. The molecule has 0 aromatic rings. The minimum Gasteiger partial charge on any atom is -0.487 e. The molecule has 13 nitrogen and oxygen atoms in total. The minimum absolute atomic E-state index is 0.0484. The average Bonchev–Trinajstić information content (AvgIpc) is 3.18. The molecule has 8 atom stereocenters. The summed E-state index contributed by atoms with van der Waals surface area (Å²) in [6.45, 7) is 0.681. The van der Waals surface area contributed by atoms with Gasteiger partial charge in [-0.3, -0.25) is 0 Å². The Morgan fingerprint density at radius 3 is 2.31 bits per heavy atom. The topological polar surface area (TPSA) is 205 Å². The molecule has 0 saturated carbocycles. The highest BCUT2D eigenvalue weighted by Crippen LogP contribution is 2.31.